The fraction of sp³-hybridized carbons (Fsp3) is 1.00. The first kappa shape index (κ1) is 15.7. The Balaban J connectivity index is 1.60. The van der Waals surface area contributed by atoms with Crippen molar-refractivity contribution in [3.63, 3.8) is 0 Å². The van der Waals surface area contributed by atoms with E-state index in [1.165, 1.54) is 17.1 Å². The first-order chi connectivity index (χ1) is 9.88. The molecule has 0 aromatic heterocycles. The molecule has 2 atom stereocenters. The summed E-state index contributed by atoms with van der Waals surface area (Å²) in [5, 5.41) is 2.78. The minimum atomic E-state index is -3.45. The molecule has 3 fully saturated rings. The summed E-state index contributed by atoms with van der Waals surface area (Å²) in [5.41, 5.74) is 0. The number of sulfone groups is 1. The van der Waals surface area contributed by atoms with Gasteiger partial charge in [-0.3, -0.25) is 0 Å². The van der Waals surface area contributed by atoms with Crippen LogP contribution in [0.3, 0.4) is 0 Å². The summed E-state index contributed by atoms with van der Waals surface area (Å²) >= 11 is 0. The number of hydrogen-bond donors (Lipinski definition) is 1. The van der Waals surface area contributed by atoms with Crippen LogP contribution < -0.4 is 5.32 Å². The molecule has 0 radical (unpaired) electrons. The summed E-state index contributed by atoms with van der Waals surface area (Å²) in [5.74, 6) is 0.380. The third-order valence-corrected chi connectivity index (χ3v) is 9.45. The van der Waals surface area contributed by atoms with Gasteiger partial charge < -0.3 is 5.32 Å². The predicted molar refractivity (Wildman–Crippen MR) is 81.3 cm³/mol. The van der Waals surface area contributed by atoms with E-state index in [2.05, 4.69) is 5.32 Å². The van der Waals surface area contributed by atoms with Crippen molar-refractivity contribution < 1.29 is 16.8 Å². The van der Waals surface area contributed by atoms with E-state index in [9.17, 15) is 16.8 Å². The minimum absolute atomic E-state index is 0.0132. The third-order valence-electron chi connectivity index (χ3n) is 5.14. The smallest absolute Gasteiger partial charge is 0.218 e. The second-order valence-electron chi connectivity index (χ2n) is 6.51. The molecule has 8 heteroatoms. The lowest BCUT2D eigenvalue weighted by atomic mass is 9.89. The van der Waals surface area contributed by atoms with Gasteiger partial charge in [0.2, 0.25) is 10.0 Å². The highest BCUT2D eigenvalue weighted by Crippen LogP contribution is 2.29. The van der Waals surface area contributed by atoms with Gasteiger partial charge in [-0.25, -0.2) is 21.1 Å². The van der Waals surface area contributed by atoms with Crippen LogP contribution in [0.25, 0.3) is 0 Å². The summed E-state index contributed by atoms with van der Waals surface area (Å²) < 4.78 is 49.6. The van der Waals surface area contributed by atoms with Gasteiger partial charge in [0.25, 0.3) is 0 Å². The van der Waals surface area contributed by atoms with Gasteiger partial charge in [-0.2, -0.15) is 0 Å². The predicted octanol–water partition coefficient (Wildman–Crippen LogP) is -0.0327. The van der Waals surface area contributed by atoms with E-state index in [1.54, 1.807) is 0 Å². The van der Waals surface area contributed by atoms with Crippen LogP contribution in [-0.4, -0.2) is 63.6 Å². The van der Waals surface area contributed by atoms with Crippen LogP contribution in [0.5, 0.6) is 0 Å². The molecule has 2 unspecified atom stereocenters. The number of nitrogens with one attached hydrogen (secondary N) is 1. The highest BCUT2D eigenvalue weighted by atomic mass is 32.2. The monoisotopic (exact) mass is 336 g/mol. The topological polar surface area (TPSA) is 83.5 Å². The first-order valence-electron chi connectivity index (χ1n) is 7.81. The Hall–Kier alpha value is -0.180. The molecular weight excluding hydrogens is 312 g/mol. The van der Waals surface area contributed by atoms with Gasteiger partial charge in [0.05, 0.1) is 16.8 Å². The van der Waals surface area contributed by atoms with Gasteiger partial charge in [-0.1, -0.05) is 0 Å². The Labute approximate surface area is 127 Å². The first-order valence-corrected chi connectivity index (χ1v) is 11.1. The van der Waals surface area contributed by atoms with E-state index in [-0.39, 0.29) is 17.9 Å². The van der Waals surface area contributed by atoms with Crippen molar-refractivity contribution in [2.45, 2.75) is 43.4 Å². The average Bonchev–Trinajstić information content (AvgIpc) is 3.08. The van der Waals surface area contributed by atoms with E-state index < -0.39 is 25.1 Å². The van der Waals surface area contributed by atoms with Gasteiger partial charge in [0.1, 0.15) is 0 Å². The maximum absolute atomic E-state index is 12.5. The van der Waals surface area contributed by atoms with Crippen LogP contribution >= 0.6 is 0 Å². The molecular formula is C13H24N2O4S2. The summed E-state index contributed by atoms with van der Waals surface area (Å²) in [4.78, 5) is 0. The summed E-state index contributed by atoms with van der Waals surface area (Å²) in [6.45, 7) is 2.16. The second kappa shape index (κ2) is 5.79. The fourth-order valence-electron chi connectivity index (χ4n) is 3.85. The zero-order valence-electron chi connectivity index (χ0n) is 12.2. The Morgan fingerprint density at radius 3 is 2.29 bits per heavy atom. The molecule has 0 bridgehead atoms. The number of nitrogens with zero attached hydrogens (tertiary/aromatic N) is 1. The Morgan fingerprint density at radius 2 is 1.76 bits per heavy atom. The standard InChI is InChI=1S/C13H24N2O4S2/c16-20(17)9-5-12(10-20)21(18,19)15-7-3-11(4-8-15)13-2-1-6-14-13/h11-14H,1-10H2. The molecule has 6 nitrogen and oxygen atoms in total. The van der Waals surface area contributed by atoms with Crippen molar-refractivity contribution in [1.82, 2.24) is 9.62 Å². The minimum Gasteiger partial charge on any atom is -0.314 e. The van der Waals surface area contributed by atoms with Crippen LogP contribution in [-0.2, 0) is 19.9 Å². The summed E-state index contributed by atoms with van der Waals surface area (Å²) in [6, 6.07) is 0.543. The van der Waals surface area contributed by atoms with Gasteiger partial charge in [-0.05, 0) is 44.6 Å². The van der Waals surface area contributed by atoms with Gasteiger partial charge >= 0.3 is 0 Å². The second-order valence-corrected chi connectivity index (χ2v) is 11.0. The van der Waals surface area contributed by atoms with Crippen LogP contribution in [0.1, 0.15) is 32.1 Å². The lowest BCUT2D eigenvalue weighted by Crippen LogP contribution is -2.46. The maximum Gasteiger partial charge on any atom is 0.218 e. The molecule has 122 valence electrons. The third kappa shape index (κ3) is 3.28. The Morgan fingerprint density at radius 1 is 1.05 bits per heavy atom. The number of sulfonamides is 1. The molecule has 3 saturated heterocycles. The zero-order valence-corrected chi connectivity index (χ0v) is 13.8. The molecule has 3 aliphatic rings. The lowest BCUT2D eigenvalue weighted by Gasteiger charge is -2.35. The highest BCUT2D eigenvalue weighted by molar-refractivity contribution is 7.95. The molecule has 0 aliphatic carbocycles. The molecule has 0 amide bonds. The molecule has 1 N–H and O–H groups in total. The van der Waals surface area contributed by atoms with Gasteiger partial charge in [0, 0.05) is 19.1 Å². The number of piperidine rings is 1. The molecule has 0 saturated carbocycles. The SMILES string of the molecule is O=S1(=O)CCC(S(=O)(=O)N2CCC(C3CCCN3)CC2)C1. The van der Waals surface area contributed by atoms with Crippen LogP contribution in [0.4, 0.5) is 0 Å². The van der Waals surface area contributed by atoms with Crippen molar-refractivity contribution in [3.05, 3.63) is 0 Å². The Bertz CT molecular complexity index is 573. The quantitative estimate of drug-likeness (QED) is 0.782. The van der Waals surface area contributed by atoms with Crippen LogP contribution in [0.2, 0.25) is 0 Å². The van der Waals surface area contributed by atoms with Crippen molar-refractivity contribution in [1.29, 1.82) is 0 Å². The molecule has 0 aromatic carbocycles. The average molecular weight is 336 g/mol. The zero-order chi connectivity index (χ0) is 15.1. The van der Waals surface area contributed by atoms with E-state index in [1.807, 2.05) is 0 Å². The molecule has 0 aromatic rings. The molecule has 3 heterocycles. The summed E-state index contributed by atoms with van der Waals surface area (Å²) in [6.07, 6.45) is 4.43. The van der Waals surface area contributed by atoms with E-state index in [0.717, 1.165) is 19.4 Å². The molecule has 0 spiro atoms. The molecule has 21 heavy (non-hydrogen) atoms. The molecule has 3 rings (SSSR count). The number of rotatable bonds is 3. The van der Waals surface area contributed by atoms with Crippen molar-refractivity contribution >= 4 is 19.9 Å². The highest BCUT2D eigenvalue weighted by Gasteiger charge is 2.42. The Kier molecular flexibility index (Phi) is 4.33. The fourth-order valence-corrected chi connectivity index (χ4v) is 8.41. The normalized spacial score (nSPS) is 35.2. The van der Waals surface area contributed by atoms with Crippen molar-refractivity contribution in [2.75, 3.05) is 31.1 Å². The van der Waals surface area contributed by atoms with Gasteiger partial charge in [-0.15, -0.1) is 0 Å². The molecule has 3 aliphatic heterocycles. The maximum atomic E-state index is 12.5. The van der Waals surface area contributed by atoms with E-state index >= 15 is 0 Å². The van der Waals surface area contributed by atoms with E-state index in [0.29, 0.717) is 25.0 Å². The van der Waals surface area contributed by atoms with Crippen molar-refractivity contribution in [2.24, 2.45) is 5.92 Å². The van der Waals surface area contributed by atoms with E-state index in [4.69, 9.17) is 0 Å². The van der Waals surface area contributed by atoms with Crippen LogP contribution in [0, 0.1) is 5.92 Å². The number of hydrogen-bond acceptors (Lipinski definition) is 5. The van der Waals surface area contributed by atoms with Gasteiger partial charge in [0.15, 0.2) is 9.84 Å². The largest absolute Gasteiger partial charge is 0.314 e. The van der Waals surface area contributed by atoms with Crippen molar-refractivity contribution in [3.8, 4) is 0 Å². The lowest BCUT2D eigenvalue weighted by molar-refractivity contribution is 0.233. The van der Waals surface area contributed by atoms with Crippen LogP contribution in [0.15, 0.2) is 0 Å². The summed E-state index contributed by atoms with van der Waals surface area (Å²) in [7, 11) is -6.60.